The summed E-state index contributed by atoms with van der Waals surface area (Å²) >= 11 is 0. The number of anilines is 1. The maximum atomic E-state index is 8.83. The second-order valence-electron chi connectivity index (χ2n) is 5.31. The standard InChI is InChI=1S/C18H14N6/c1-12-8-13(2)24(23-12)17-7-6-15-4-3-5-16(18(15)22-17)21-11-14(9-19)10-20/h3-8,11,21H,1-2H3. The summed E-state index contributed by atoms with van der Waals surface area (Å²) in [4.78, 5) is 4.69. The largest absolute Gasteiger partial charge is 0.358 e. The number of allylic oxidation sites excluding steroid dienone is 1. The number of aryl methyl sites for hydroxylation is 2. The smallest absolute Gasteiger partial charge is 0.154 e. The maximum absolute atomic E-state index is 8.83. The van der Waals surface area contributed by atoms with Gasteiger partial charge < -0.3 is 5.32 Å². The number of hydrogen-bond acceptors (Lipinski definition) is 5. The Kier molecular flexibility index (Phi) is 3.96. The van der Waals surface area contributed by atoms with Gasteiger partial charge in [-0.2, -0.15) is 15.6 Å². The molecule has 6 nitrogen and oxygen atoms in total. The van der Waals surface area contributed by atoms with E-state index in [1.807, 2.05) is 62.4 Å². The van der Waals surface area contributed by atoms with Crippen LogP contribution in [0.3, 0.4) is 0 Å². The number of para-hydroxylation sites is 1. The molecular formula is C18H14N6. The molecule has 0 fully saturated rings. The van der Waals surface area contributed by atoms with Gasteiger partial charge in [0.15, 0.2) is 5.82 Å². The maximum Gasteiger partial charge on any atom is 0.154 e. The Hall–Kier alpha value is -3.64. The Morgan fingerprint density at radius 1 is 1.17 bits per heavy atom. The van der Waals surface area contributed by atoms with Crippen LogP contribution in [-0.2, 0) is 0 Å². The molecule has 2 aromatic heterocycles. The van der Waals surface area contributed by atoms with E-state index in [2.05, 4.69) is 10.4 Å². The average Bonchev–Trinajstić information content (AvgIpc) is 2.94. The van der Waals surface area contributed by atoms with Crippen LogP contribution in [0.15, 0.2) is 48.2 Å². The molecule has 1 N–H and O–H groups in total. The van der Waals surface area contributed by atoms with E-state index in [1.54, 1.807) is 4.68 Å². The van der Waals surface area contributed by atoms with Gasteiger partial charge in [0.25, 0.3) is 0 Å². The SMILES string of the molecule is Cc1cc(C)n(-c2ccc3cccc(NC=C(C#N)C#N)c3n2)n1. The van der Waals surface area contributed by atoms with Crippen molar-refractivity contribution in [3.05, 3.63) is 59.6 Å². The third kappa shape index (κ3) is 2.81. The highest BCUT2D eigenvalue weighted by atomic mass is 15.3. The van der Waals surface area contributed by atoms with Crippen molar-refractivity contribution in [2.75, 3.05) is 5.32 Å². The molecule has 0 aliphatic heterocycles. The van der Waals surface area contributed by atoms with Crippen LogP contribution in [0.25, 0.3) is 16.7 Å². The predicted octanol–water partition coefficient (Wildman–Crippen LogP) is 3.38. The van der Waals surface area contributed by atoms with Gasteiger partial charge in [-0.05, 0) is 38.1 Å². The minimum absolute atomic E-state index is 0.00158. The van der Waals surface area contributed by atoms with E-state index in [0.29, 0.717) is 5.82 Å². The molecule has 0 saturated carbocycles. The van der Waals surface area contributed by atoms with E-state index in [0.717, 1.165) is 28.0 Å². The summed E-state index contributed by atoms with van der Waals surface area (Å²) in [6.45, 7) is 3.92. The van der Waals surface area contributed by atoms with Crippen molar-refractivity contribution in [2.24, 2.45) is 0 Å². The fraction of sp³-hybridized carbons (Fsp3) is 0.111. The summed E-state index contributed by atoms with van der Waals surface area (Å²) in [6, 6.07) is 15.2. The molecule has 0 atom stereocenters. The summed E-state index contributed by atoms with van der Waals surface area (Å²) in [5.74, 6) is 0.715. The van der Waals surface area contributed by atoms with E-state index < -0.39 is 0 Å². The molecule has 0 radical (unpaired) electrons. The van der Waals surface area contributed by atoms with Gasteiger partial charge >= 0.3 is 0 Å². The van der Waals surface area contributed by atoms with Gasteiger partial charge in [-0.25, -0.2) is 9.67 Å². The number of fused-ring (bicyclic) bond motifs is 1. The molecule has 0 amide bonds. The Morgan fingerprint density at radius 2 is 1.96 bits per heavy atom. The lowest BCUT2D eigenvalue weighted by Crippen LogP contribution is -2.02. The molecule has 3 rings (SSSR count). The predicted molar refractivity (Wildman–Crippen MR) is 91.3 cm³/mol. The fourth-order valence-corrected chi connectivity index (χ4v) is 2.47. The molecule has 2 heterocycles. The van der Waals surface area contributed by atoms with Gasteiger partial charge in [-0.1, -0.05) is 12.1 Å². The molecule has 0 unspecified atom stereocenters. The minimum Gasteiger partial charge on any atom is -0.358 e. The van der Waals surface area contributed by atoms with Gasteiger partial charge in [0.1, 0.15) is 17.7 Å². The summed E-state index contributed by atoms with van der Waals surface area (Å²) in [5, 5.41) is 26.1. The molecule has 3 aromatic rings. The Bertz CT molecular complexity index is 1010. The lowest BCUT2D eigenvalue weighted by atomic mass is 10.2. The molecular weight excluding hydrogens is 300 g/mol. The molecule has 1 aromatic carbocycles. The normalized spacial score (nSPS) is 10.0. The second-order valence-corrected chi connectivity index (χ2v) is 5.31. The van der Waals surface area contributed by atoms with Crippen molar-refractivity contribution in [3.8, 4) is 18.0 Å². The monoisotopic (exact) mass is 314 g/mol. The number of hydrogen-bond donors (Lipinski definition) is 1. The van der Waals surface area contributed by atoms with Crippen molar-refractivity contribution in [3.63, 3.8) is 0 Å². The molecule has 116 valence electrons. The van der Waals surface area contributed by atoms with Crippen molar-refractivity contribution in [1.29, 1.82) is 10.5 Å². The van der Waals surface area contributed by atoms with Crippen molar-refractivity contribution in [2.45, 2.75) is 13.8 Å². The Morgan fingerprint density at radius 3 is 2.62 bits per heavy atom. The quantitative estimate of drug-likeness (QED) is 0.748. The highest BCUT2D eigenvalue weighted by Gasteiger charge is 2.08. The molecule has 24 heavy (non-hydrogen) atoms. The fourth-order valence-electron chi connectivity index (χ4n) is 2.47. The number of nitrogens with zero attached hydrogens (tertiary/aromatic N) is 5. The second kappa shape index (κ2) is 6.23. The van der Waals surface area contributed by atoms with Crippen LogP contribution in [0.4, 0.5) is 5.69 Å². The zero-order chi connectivity index (χ0) is 17.1. The molecule has 0 saturated heterocycles. The van der Waals surface area contributed by atoms with Gasteiger partial charge in [0.2, 0.25) is 0 Å². The number of pyridine rings is 1. The Labute approximate surface area is 139 Å². The number of nitrogens with one attached hydrogen (secondary N) is 1. The average molecular weight is 314 g/mol. The number of benzene rings is 1. The van der Waals surface area contributed by atoms with E-state index in [-0.39, 0.29) is 5.57 Å². The summed E-state index contributed by atoms with van der Waals surface area (Å²) in [7, 11) is 0. The zero-order valence-electron chi connectivity index (χ0n) is 13.3. The van der Waals surface area contributed by atoms with Crippen LogP contribution in [0.5, 0.6) is 0 Å². The minimum atomic E-state index is 0.00158. The van der Waals surface area contributed by atoms with Crippen LogP contribution in [-0.4, -0.2) is 14.8 Å². The molecule has 0 bridgehead atoms. The van der Waals surface area contributed by atoms with Crippen LogP contribution in [0.1, 0.15) is 11.4 Å². The van der Waals surface area contributed by atoms with Crippen LogP contribution >= 0.6 is 0 Å². The van der Waals surface area contributed by atoms with E-state index >= 15 is 0 Å². The first-order valence-corrected chi connectivity index (χ1v) is 7.32. The third-order valence-electron chi connectivity index (χ3n) is 3.55. The summed E-state index contributed by atoms with van der Waals surface area (Å²) in [5.41, 5.74) is 3.40. The highest BCUT2D eigenvalue weighted by Crippen LogP contribution is 2.23. The van der Waals surface area contributed by atoms with Crippen LogP contribution < -0.4 is 5.32 Å². The summed E-state index contributed by atoms with van der Waals surface area (Å²) < 4.78 is 1.79. The number of aromatic nitrogens is 3. The van der Waals surface area contributed by atoms with Crippen LogP contribution in [0, 0.1) is 36.5 Å². The first kappa shape index (κ1) is 15.3. The zero-order valence-corrected chi connectivity index (χ0v) is 13.3. The summed E-state index contributed by atoms with van der Waals surface area (Å²) in [6.07, 6.45) is 1.38. The molecule has 0 spiro atoms. The van der Waals surface area contributed by atoms with E-state index in [9.17, 15) is 0 Å². The molecule has 0 aliphatic carbocycles. The first-order chi connectivity index (χ1) is 11.6. The van der Waals surface area contributed by atoms with Gasteiger partial charge in [0, 0.05) is 17.3 Å². The van der Waals surface area contributed by atoms with Gasteiger partial charge in [-0.3, -0.25) is 0 Å². The van der Waals surface area contributed by atoms with Crippen LogP contribution in [0.2, 0.25) is 0 Å². The third-order valence-corrected chi connectivity index (χ3v) is 3.55. The lowest BCUT2D eigenvalue weighted by Gasteiger charge is -2.09. The van der Waals surface area contributed by atoms with Gasteiger partial charge in [-0.15, -0.1) is 0 Å². The molecule has 0 aliphatic rings. The van der Waals surface area contributed by atoms with E-state index in [1.165, 1.54) is 6.20 Å². The number of rotatable bonds is 3. The van der Waals surface area contributed by atoms with Crippen molar-refractivity contribution in [1.82, 2.24) is 14.8 Å². The lowest BCUT2D eigenvalue weighted by molar-refractivity contribution is 0.811. The van der Waals surface area contributed by atoms with Crippen molar-refractivity contribution >= 4 is 16.6 Å². The Balaban J connectivity index is 2.10. The topological polar surface area (TPSA) is 90.3 Å². The van der Waals surface area contributed by atoms with Crippen molar-refractivity contribution < 1.29 is 0 Å². The van der Waals surface area contributed by atoms with E-state index in [4.69, 9.17) is 15.5 Å². The highest BCUT2D eigenvalue weighted by molar-refractivity contribution is 5.91. The molecule has 6 heteroatoms. The van der Waals surface area contributed by atoms with Gasteiger partial charge in [0.05, 0.1) is 16.9 Å². The first-order valence-electron chi connectivity index (χ1n) is 7.32. The number of nitriles is 2.